The SMILES string of the molecule is Cl.FC(F)(F)Oc1cccc([C@@H](CC2CC2)N2CCNCC2)c1. The van der Waals surface area contributed by atoms with Gasteiger partial charge in [0.1, 0.15) is 5.75 Å². The number of rotatable bonds is 5. The molecule has 1 atom stereocenters. The summed E-state index contributed by atoms with van der Waals surface area (Å²) in [5.41, 5.74) is 0.926. The molecule has 130 valence electrons. The van der Waals surface area contributed by atoms with Crippen LogP contribution in [0.2, 0.25) is 0 Å². The number of halogens is 4. The van der Waals surface area contributed by atoms with Crippen LogP contribution >= 0.6 is 12.4 Å². The molecule has 2 fully saturated rings. The first-order chi connectivity index (χ1) is 10.5. The second-order valence-corrected chi connectivity index (χ2v) is 6.10. The van der Waals surface area contributed by atoms with E-state index in [1.807, 2.05) is 6.07 Å². The Kier molecular flexibility index (Phi) is 6.17. The van der Waals surface area contributed by atoms with Gasteiger partial charge >= 0.3 is 6.36 Å². The van der Waals surface area contributed by atoms with Gasteiger partial charge in [0.25, 0.3) is 0 Å². The zero-order valence-corrected chi connectivity index (χ0v) is 13.6. The summed E-state index contributed by atoms with van der Waals surface area (Å²) in [4.78, 5) is 2.38. The minimum atomic E-state index is -4.64. The Hall–Kier alpha value is -0.980. The number of benzene rings is 1. The summed E-state index contributed by atoms with van der Waals surface area (Å²) in [5.74, 6) is 0.591. The predicted octanol–water partition coefficient (Wildman–Crippen LogP) is 3.75. The lowest BCUT2D eigenvalue weighted by Crippen LogP contribution is -2.45. The summed E-state index contributed by atoms with van der Waals surface area (Å²) in [6, 6.07) is 6.66. The topological polar surface area (TPSA) is 24.5 Å². The Labute approximate surface area is 140 Å². The zero-order chi connectivity index (χ0) is 15.6. The van der Waals surface area contributed by atoms with Crippen LogP contribution in [0.3, 0.4) is 0 Å². The monoisotopic (exact) mass is 350 g/mol. The lowest BCUT2D eigenvalue weighted by Gasteiger charge is -2.35. The van der Waals surface area contributed by atoms with Crippen molar-refractivity contribution in [1.82, 2.24) is 10.2 Å². The Bertz CT molecular complexity index is 502. The van der Waals surface area contributed by atoms with Crippen LogP contribution in [0, 0.1) is 5.92 Å². The van der Waals surface area contributed by atoms with Crippen molar-refractivity contribution >= 4 is 12.4 Å². The predicted molar refractivity (Wildman–Crippen MR) is 84.9 cm³/mol. The van der Waals surface area contributed by atoms with Crippen molar-refractivity contribution in [3.63, 3.8) is 0 Å². The van der Waals surface area contributed by atoms with E-state index >= 15 is 0 Å². The molecule has 1 heterocycles. The van der Waals surface area contributed by atoms with E-state index in [4.69, 9.17) is 0 Å². The largest absolute Gasteiger partial charge is 0.573 e. The molecule has 0 bridgehead atoms. The number of nitrogens with one attached hydrogen (secondary N) is 1. The van der Waals surface area contributed by atoms with Crippen molar-refractivity contribution in [2.24, 2.45) is 5.92 Å². The van der Waals surface area contributed by atoms with Gasteiger partial charge < -0.3 is 10.1 Å². The first-order valence-corrected chi connectivity index (χ1v) is 7.82. The third-order valence-electron chi connectivity index (χ3n) is 4.32. The van der Waals surface area contributed by atoms with Crippen LogP contribution in [-0.2, 0) is 0 Å². The normalized spacial score (nSPS) is 20.7. The number of alkyl halides is 3. The molecule has 0 amide bonds. The van der Waals surface area contributed by atoms with Crippen LogP contribution in [0.5, 0.6) is 5.75 Å². The molecule has 0 unspecified atom stereocenters. The van der Waals surface area contributed by atoms with Crippen LogP contribution in [0.1, 0.15) is 30.9 Å². The van der Waals surface area contributed by atoms with Gasteiger partial charge in [0.2, 0.25) is 0 Å². The summed E-state index contributed by atoms with van der Waals surface area (Å²) in [7, 11) is 0. The second-order valence-electron chi connectivity index (χ2n) is 6.10. The van der Waals surface area contributed by atoms with Crippen molar-refractivity contribution in [2.75, 3.05) is 26.2 Å². The Balaban J connectivity index is 0.00000192. The summed E-state index contributed by atoms with van der Waals surface area (Å²) < 4.78 is 41.3. The van der Waals surface area contributed by atoms with Crippen LogP contribution in [-0.4, -0.2) is 37.4 Å². The van der Waals surface area contributed by atoms with E-state index in [-0.39, 0.29) is 24.2 Å². The fourth-order valence-electron chi connectivity index (χ4n) is 3.08. The fraction of sp³-hybridized carbons (Fsp3) is 0.625. The quantitative estimate of drug-likeness (QED) is 0.875. The highest BCUT2D eigenvalue weighted by Gasteiger charge is 2.33. The molecule has 0 spiro atoms. The molecule has 7 heteroatoms. The van der Waals surface area contributed by atoms with Gasteiger partial charge in [0, 0.05) is 32.2 Å². The maximum absolute atomic E-state index is 12.4. The van der Waals surface area contributed by atoms with Gasteiger partial charge in [0.05, 0.1) is 0 Å². The van der Waals surface area contributed by atoms with E-state index in [1.165, 1.54) is 18.9 Å². The number of hydrogen-bond acceptors (Lipinski definition) is 3. The highest BCUT2D eigenvalue weighted by Crippen LogP contribution is 2.41. The minimum Gasteiger partial charge on any atom is -0.406 e. The molecule has 23 heavy (non-hydrogen) atoms. The molecule has 3 rings (SSSR count). The highest BCUT2D eigenvalue weighted by atomic mass is 35.5. The van der Waals surface area contributed by atoms with Crippen molar-refractivity contribution in [1.29, 1.82) is 0 Å². The molecular formula is C16H22ClF3N2O. The Morgan fingerprint density at radius 2 is 1.91 bits per heavy atom. The number of piperazine rings is 1. The summed E-state index contributed by atoms with van der Waals surface area (Å²) in [5, 5.41) is 3.32. The Morgan fingerprint density at radius 1 is 1.22 bits per heavy atom. The van der Waals surface area contributed by atoms with Gasteiger partial charge in [-0.15, -0.1) is 25.6 Å². The molecule has 0 aromatic heterocycles. The van der Waals surface area contributed by atoms with E-state index in [2.05, 4.69) is 15.0 Å². The Morgan fingerprint density at radius 3 is 2.52 bits per heavy atom. The smallest absolute Gasteiger partial charge is 0.406 e. The molecule has 0 radical (unpaired) electrons. The number of ether oxygens (including phenoxy) is 1. The third-order valence-corrected chi connectivity index (χ3v) is 4.32. The molecule has 2 aliphatic rings. The van der Waals surface area contributed by atoms with Crippen LogP contribution in [0.25, 0.3) is 0 Å². The van der Waals surface area contributed by atoms with Crippen molar-refractivity contribution < 1.29 is 17.9 Å². The average molecular weight is 351 g/mol. The molecule has 1 saturated carbocycles. The first-order valence-electron chi connectivity index (χ1n) is 7.82. The molecule has 1 aliphatic carbocycles. The maximum atomic E-state index is 12.4. The lowest BCUT2D eigenvalue weighted by atomic mass is 9.98. The van der Waals surface area contributed by atoms with Crippen LogP contribution < -0.4 is 10.1 Å². The number of hydrogen-bond donors (Lipinski definition) is 1. The van der Waals surface area contributed by atoms with Gasteiger partial charge in [-0.3, -0.25) is 4.90 Å². The van der Waals surface area contributed by atoms with Crippen LogP contribution in [0.15, 0.2) is 24.3 Å². The van der Waals surface area contributed by atoms with Crippen LogP contribution in [0.4, 0.5) is 13.2 Å². The van der Waals surface area contributed by atoms with Gasteiger partial charge in [-0.25, -0.2) is 0 Å². The van der Waals surface area contributed by atoms with Crippen molar-refractivity contribution in [3.8, 4) is 5.75 Å². The summed E-state index contributed by atoms with van der Waals surface area (Å²) >= 11 is 0. The lowest BCUT2D eigenvalue weighted by molar-refractivity contribution is -0.274. The van der Waals surface area contributed by atoms with Crippen molar-refractivity contribution in [3.05, 3.63) is 29.8 Å². The first kappa shape index (κ1) is 18.4. The minimum absolute atomic E-state index is 0. The van der Waals surface area contributed by atoms with E-state index < -0.39 is 6.36 Å². The fourth-order valence-corrected chi connectivity index (χ4v) is 3.08. The molecule has 1 aliphatic heterocycles. The maximum Gasteiger partial charge on any atom is 0.573 e. The molecular weight excluding hydrogens is 329 g/mol. The average Bonchev–Trinajstić information content (AvgIpc) is 3.28. The van der Waals surface area contributed by atoms with E-state index in [0.29, 0.717) is 5.92 Å². The molecule has 1 N–H and O–H groups in total. The van der Waals surface area contributed by atoms with Gasteiger partial charge in [-0.2, -0.15) is 0 Å². The molecule has 1 aromatic carbocycles. The number of nitrogens with zero attached hydrogens (tertiary/aromatic N) is 1. The van der Waals surface area contributed by atoms with E-state index in [9.17, 15) is 13.2 Å². The van der Waals surface area contributed by atoms with Crippen molar-refractivity contribution in [2.45, 2.75) is 31.7 Å². The van der Waals surface area contributed by atoms with E-state index in [1.54, 1.807) is 12.1 Å². The highest BCUT2D eigenvalue weighted by molar-refractivity contribution is 5.85. The van der Waals surface area contributed by atoms with Gasteiger partial charge in [0.15, 0.2) is 0 Å². The molecule has 3 nitrogen and oxygen atoms in total. The van der Waals surface area contributed by atoms with Gasteiger partial charge in [-0.05, 0) is 30.0 Å². The standard InChI is InChI=1S/C16H21F3N2O.ClH/c17-16(18,19)22-14-3-1-2-13(11-14)15(10-12-4-5-12)21-8-6-20-7-9-21;/h1-3,11-12,15,20H,4-10H2;1H/t15-;/m1./s1. The second kappa shape index (κ2) is 7.73. The van der Waals surface area contributed by atoms with E-state index in [0.717, 1.165) is 38.2 Å². The van der Waals surface area contributed by atoms with Gasteiger partial charge in [-0.1, -0.05) is 25.0 Å². The zero-order valence-electron chi connectivity index (χ0n) is 12.8. The molecule has 1 saturated heterocycles. The summed E-state index contributed by atoms with van der Waals surface area (Å²) in [6.45, 7) is 3.73. The molecule has 1 aromatic rings. The summed E-state index contributed by atoms with van der Waals surface area (Å²) in [6.07, 6.45) is -1.14. The third kappa shape index (κ3) is 5.55.